The van der Waals surface area contributed by atoms with Crippen LogP contribution in [0.1, 0.15) is 16.7 Å². The predicted octanol–water partition coefficient (Wildman–Crippen LogP) is 3.01. The quantitative estimate of drug-likeness (QED) is 0.941. The van der Waals surface area contributed by atoms with E-state index in [1.54, 1.807) is 0 Å². The molecule has 0 amide bonds. The van der Waals surface area contributed by atoms with Gasteiger partial charge in [-0.1, -0.05) is 41.5 Å². The third kappa shape index (κ3) is 3.19. The summed E-state index contributed by atoms with van der Waals surface area (Å²) in [6, 6.07) is 14.2. The Hall–Kier alpha value is -2.00. The van der Waals surface area contributed by atoms with Crippen LogP contribution >= 0.6 is 0 Å². The van der Waals surface area contributed by atoms with E-state index in [9.17, 15) is 0 Å². The summed E-state index contributed by atoms with van der Waals surface area (Å²) in [5.41, 5.74) is 10.1. The Morgan fingerprint density at radius 2 is 1.76 bits per heavy atom. The van der Waals surface area contributed by atoms with Gasteiger partial charge >= 0.3 is 0 Å². The lowest BCUT2D eigenvalue weighted by Crippen LogP contribution is -2.46. The van der Waals surface area contributed by atoms with Gasteiger partial charge in [0.1, 0.15) is 12.7 Å². The maximum absolute atomic E-state index is 6.33. The molecule has 2 aromatic carbocycles. The van der Waals surface area contributed by atoms with E-state index in [4.69, 9.17) is 15.2 Å². The summed E-state index contributed by atoms with van der Waals surface area (Å²) in [4.78, 5) is 0. The minimum absolute atomic E-state index is 0.0837. The van der Waals surface area contributed by atoms with Crippen molar-refractivity contribution in [2.45, 2.75) is 32.4 Å². The molecule has 0 saturated heterocycles. The Labute approximate surface area is 125 Å². The van der Waals surface area contributed by atoms with Gasteiger partial charge in [0.2, 0.25) is 0 Å². The van der Waals surface area contributed by atoms with Crippen molar-refractivity contribution in [2.75, 3.05) is 6.61 Å². The molecule has 2 atom stereocenters. The summed E-state index contributed by atoms with van der Waals surface area (Å²) >= 11 is 0. The first kappa shape index (κ1) is 14.0. The number of benzene rings is 2. The summed E-state index contributed by atoms with van der Waals surface area (Å²) in [5.74, 6) is 1.58. The fraction of sp³-hybridized carbons (Fsp3) is 0.333. The molecular formula is C18H21NO2. The van der Waals surface area contributed by atoms with Crippen LogP contribution in [0.3, 0.4) is 0 Å². The van der Waals surface area contributed by atoms with E-state index in [-0.39, 0.29) is 12.1 Å². The van der Waals surface area contributed by atoms with Crippen molar-refractivity contribution in [1.82, 2.24) is 0 Å². The fourth-order valence-corrected chi connectivity index (χ4v) is 2.84. The molecule has 0 fully saturated rings. The van der Waals surface area contributed by atoms with E-state index in [1.165, 1.54) is 16.7 Å². The van der Waals surface area contributed by atoms with E-state index >= 15 is 0 Å². The average Bonchev–Trinajstić information content (AvgIpc) is 2.45. The van der Waals surface area contributed by atoms with Gasteiger partial charge in [0.25, 0.3) is 0 Å². The van der Waals surface area contributed by atoms with Gasteiger partial charge in [-0.25, -0.2) is 0 Å². The zero-order valence-corrected chi connectivity index (χ0v) is 12.5. The highest BCUT2D eigenvalue weighted by atomic mass is 16.6. The van der Waals surface area contributed by atoms with Crippen LogP contribution in [-0.2, 0) is 6.42 Å². The molecule has 2 aromatic rings. The van der Waals surface area contributed by atoms with Gasteiger partial charge < -0.3 is 15.2 Å². The molecule has 0 bridgehead atoms. The van der Waals surface area contributed by atoms with E-state index < -0.39 is 0 Å². The summed E-state index contributed by atoms with van der Waals surface area (Å²) in [5, 5.41) is 0. The second-order valence-electron chi connectivity index (χ2n) is 5.78. The van der Waals surface area contributed by atoms with Gasteiger partial charge in [0.05, 0.1) is 0 Å². The third-order valence-electron chi connectivity index (χ3n) is 3.76. The van der Waals surface area contributed by atoms with E-state index in [0.717, 1.165) is 17.9 Å². The Morgan fingerprint density at radius 1 is 1.10 bits per heavy atom. The van der Waals surface area contributed by atoms with E-state index in [0.29, 0.717) is 6.61 Å². The molecule has 1 aliphatic rings. The van der Waals surface area contributed by atoms with Crippen molar-refractivity contribution in [3.05, 3.63) is 59.2 Å². The number of hydrogen-bond donors (Lipinski definition) is 1. The second kappa shape index (κ2) is 5.78. The number of hydrogen-bond acceptors (Lipinski definition) is 3. The highest BCUT2D eigenvalue weighted by molar-refractivity contribution is 5.41. The standard InChI is InChI=1S/C18H21NO2/c1-12-7-13(2)9-14(8-12)10-15(19)18-11-20-16-5-3-4-6-17(16)21-18/h3-9,15,18H,10-11,19H2,1-2H3. The molecule has 0 aromatic heterocycles. The molecule has 3 heteroatoms. The highest BCUT2D eigenvalue weighted by Crippen LogP contribution is 2.31. The van der Waals surface area contributed by atoms with Gasteiger partial charge in [-0.15, -0.1) is 0 Å². The van der Waals surface area contributed by atoms with Crippen LogP contribution in [0.5, 0.6) is 11.5 Å². The average molecular weight is 283 g/mol. The maximum Gasteiger partial charge on any atom is 0.161 e. The van der Waals surface area contributed by atoms with Crippen molar-refractivity contribution >= 4 is 0 Å². The molecular weight excluding hydrogens is 262 g/mol. The van der Waals surface area contributed by atoms with Crippen molar-refractivity contribution in [2.24, 2.45) is 5.73 Å². The molecule has 1 aliphatic heterocycles. The smallest absolute Gasteiger partial charge is 0.161 e. The minimum Gasteiger partial charge on any atom is -0.486 e. The van der Waals surface area contributed by atoms with Crippen molar-refractivity contribution in [3.8, 4) is 11.5 Å². The van der Waals surface area contributed by atoms with E-state index in [2.05, 4.69) is 32.0 Å². The molecule has 0 saturated carbocycles. The molecule has 0 radical (unpaired) electrons. The lowest BCUT2D eigenvalue weighted by molar-refractivity contribution is 0.0723. The Balaban J connectivity index is 1.70. The normalized spacial score (nSPS) is 18.3. The fourth-order valence-electron chi connectivity index (χ4n) is 2.84. The molecule has 0 spiro atoms. The van der Waals surface area contributed by atoms with Crippen LogP contribution in [-0.4, -0.2) is 18.8 Å². The number of nitrogens with two attached hydrogens (primary N) is 1. The lowest BCUT2D eigenvalue weighted by atomic mass is 9.98. The topological polar surface area (TPSA) is 44.5 Å². The molecule has 0 aliphatic carbocycles. The van der Waals surface area contributed by atoms with Crippen LogP contribution in [0.2, 0.25) is 0 Å². The maximum atomic E-state index is 6.33. The molecule has 3 nitrogen and oxygen atoms in total. The number of ether oxygens (including phenoxy) is 2. The Morgan fingerprint density at radius 3 is 2.48 bits per heavy atom. The zero-order chi connectivity index (χ0) is 14.8. The van der Waals surface area contributed by atoms with Crippen LogP contribution < -0.4 is 15.2 Å². The molecule has 3 rings (SSSR count). The SMILES string of the molecule is Cc1cc(C)cc(CC(N)C2COc3ccccc3O2)c1. The Bertz CT molecular complexity index is 619. The lowest BCUT2D eigenvalue weighted by Gasteiger charge is -2.30. The first-order valence-electron chi connectivity index (χ1n) is 7.33. The number of aryl methyl sites for hydroxylation is 2. The summed E-state index contributed by atoms with van der Waals surface area (Å²) in [7, 11) is 0. The molecule has 1 heterocycles. The predicted molar refractivity (Wildman–Crippen MR) is 83.9 cm³/mol. The van der Waals surface area contributed by atoms with Gasteiger partial charge in [0, 0.05) is 6.04 Å². The zero-order valence-electron chi connectivity index (χ0n) is 12.5. The summed E-state index contributed by atoms with van der Waals surface area (Å²) in [6.45, 7) is 4.72. The summed E-state index contributed by atoms with van der Waals surface area (Å²) in [6.07, 6.45) is 0.680. The summed E-state index contributed by atoms with van der Waals surface area (Å²) < 4.78 is 11.7. The van der Waals surface area contributed by atoms with Crippen molar-refractivity contribution in [1.29, 1.82) is 0 Å². The largest absolute Gasteiger partial charge is 0.486 e. The number of para-hydroxylation sites is 2. The molecule has 21 heavy (non-hydrogen) atoms. The van der Waals surface area contributed by atoms with Crippen LogP contribution in [0.4, 0.5) is 0 Å². The van der Waals surface area contributed by atoms with Gasteiger partial charge in [-0.3, -0.25) is 0 Å². The van der Waals surface area contributed by atoms with Gasteiger partial charge in [-0.2, -0.15) is 0 Å². The van der Waals surface area contributed by atoms with Crippen LogP contribution in [0.15, 0.2) is 42.5 Å². The molecule has 2 N–H and O–H groups in total. The Kier molecular flexibility index (Phi) is 3.84. The van der Waals surface area contributed by atoms with Crippen LogP contribution in [0, 0.1) is 13.8 Å². The third-order valence-corrected chi connectivity index (χ3v) is 3.76. The minimum atomic E-state index is -0.110. The van der Waals surface area contributed by atoms with Crippen molar-refractivity contribution in [3.63, 3.8) is 0 Å². The molecule has 110 valence electrons. The van der Waals surface area contributed by atoms with Gasteiger partial charge in [-0.05, 0) is 38.0 Å². The second-order valence-corrected chi connectivity index (χ2v) is 5.78. The highest BCUT2D eigenvalue weighted by Gasteiger charge is 2.26. The monoisotopic (exact) mass is 283 g/mol. The van der Waals surface area contributed by atoms with E-state index in [1.807, 2.05) is 24.3 Å². The first-order chi connectivity index (χ1) is 10.1. The number of fused-ring (bicyclic) bond motifs is 1. The first-order valence-corrected chi connectivity index (χ1v) is 7.33. The number of rotatable bonds is 3. The van der Waals surface area contributed by atoms with Crippen LogP contribution in [0.25, 0.3) is 0 Å². The van der Waals surface area contributed by atoms with Crippen molar-refractivity contribution < 1.29 is 9.47 Å². The van der Waals surface area contributed by atoms with Gasteiger partial charge in [0.15, 0.2) is 11.5 Å². The molecule has 2 unspecified atom stereocenters.